The minimum Gasteiger partial charge on any atom is -0.350 e. The molecule has 0 aliphatic heterocycles. The van der Waals surface area contributed by atoms with Crippen LogP contribution in [0.5, 0.6) is 0 Å². The predicted molar refractivity (Wildman–Crippen MR) is 88.0 cm³/mol. The van der Waals surface area contributed by atoms with E-state index in [0.29, 0.717) is 0 Å². The first-order valence-corrected chi connectivity index (χ1v) is 8.42. The van der Waals surface area contributed by atoms with Crippen LogP contribution in [0.3, 0.4) is 0 Å². The molecule has 20 heavy (non-hydrogen) atoms. The van der Waals surface area contributed by atoms with E-state index < -0.39 is 0 Å². The second-order valence-electron chi connectivity index (χ2n) is 6.89. The summed E-state index contributed by atoms with van der Waals surface area (Å²) in [5.41, 5.74) is -0.147. The lowest BCUT2D eigenvalue weighted by molar-refractivity contribution is -0.124. The van der Waals surface area contributed by atoms with Gasteiger partial charge in [0.05, 0.1) is 6.04 Å². The lowest BCUT2D eigenvalue weighted by Crippen LogP contribution is -2.49. The van der Waals surface area contributed by atoms with Crippen LogP contribution < -0.4 is 10.6 Å². The Kier molecular flexibility index (Phi) is 10.8. The third-order valence-corrected chi connectivity index (χ3v) is 3.37. The first-order chi connectivity index (χ1) is 9.37. The average Bonchev–Trinajstić information content (AvgIpc) is 2.34. The molecule has 120 valence electrons. The molecule has 3 nitrogen and oxygen atoms in total. The van der Waals surface area contributed by atoms with Gasteiger partial charge in [-0.2, -0.15) is 0 Å². The van der Waals surface area contributed by atoms with Crippen molar-refractivity contribution >= 4 is 5.91 Å². The molecule has 0 bridgehead atoms. The molecule has 0 aliphatic rings. The molecule has 0 aliphatic carbocycles. The molecule has 0 aromatic rings. The average molecular weight is 284 g/mol. The van der Waals surface area contributed by atoms with E-state index in [-0.39, 0.29) is 17.5 Å². The summed E-state index contributed by atoms with van der Waals surface area (Å²) in [6.45, 7) is 11.2. The van der Waals surface area contributed by atoms with E-state index in [9.17, 15) is 4.79 Å². The van der Waals surface area contributed by atoms with Crippen LogP contribution in [-0.2, 0) is 4.79 Å². The summed E-state index contributed by atoms with van der Waals surface area (Å²) >= 11 is 0. The van der Waals surface area contributed by atoms with E-state index in [1.807, 2.05) is 27.7 Å². The standard InChI is InChI=1S/C17H36N2O/c1-6-7-8-9-10-11-12-13-14-18-15(2)16(20)19-17(3,4)5/h15,18H,6-14H2,1-5H3,(H,19,20). The van der Waals surface area contributed by atoms with E-state index >= 15 is 0 Å². The fourth-order valence-electron chi connectivity index (χ4n) is 2.15. The highest BCUT2D eigenvalue weighted by Crippen LogP contribution is 2.08. The molecule has 1 amide bonds. The Morgan fingerprint density at radius 2 is 1.45 bits per heavy atom. The van der Waals surface area contributed by atoms with Crippen LogP contribution in [0.1, 0.15) is 86.0 Å². The van der Waals surface area contributed by atoms with Crippen molar-refractivity contribution < 1.29 is 4.79 Å². The summed E-state index contributed by atoms with van der Waals surface area (Å²) < 4.78 is 0. The molecule has 0 spiro atoms. The lowest BCUT2D eigenvalue weighted by Gasteiger charge is -2.23. The zero-order valence-electron chi connectivity index (χ0n) is 14.3. The maximum atomic E-state index is 11.9. The van der Waals surface area contributed by atoms with Gasteiger partial charge in [-0.1, -0.05) is 51.9 Å². The molecule has 1 unspecified atom stereocenters. The van der Waals surface area contributed by atoms with Crippen LogP contribution in [0.2, 0.25) is 0 Å². The van der Waals surface area contributed by atoms with Crippen molar-refractivity contribution in [2.45, 2.75) is 97.6 Å². The number of rotatable bonds is 11. The van der Waals surface area contributed by atoms with Gasteiger partial charge in [-0.25, -0.2) is 0 Å². The molecule has 3 heteroatoms. The van der Waals surface area contributed by atoms with Gasteiger partial charge in [0, 0.05) is 5.54 Å². The number of amides is 1. The molecule has 0 radical (unpaired) electrons. The molecular formula is C17H36N2O. The third-order valence-electron chi connectivity index (χ3n) is 3.37. The number of carbonyl (C=O) groups is 1. The van der Waals surface area contributed by atoms with Crippen molar-refractivity contribution in [1.82, 2.24) is 10.6 Å². The van der Waals surface area contributed by atoms with Crippen LogP contribution >= 0.6 is 0 Å². The van der Waals surface area contributed by atoms with Gasteiger partial charge >= 0.3 is 0 Å². The fourth-order valence-corrected chi connectivity index (χ4v) is 2.15. The Labute approximate surface area is 126 Å². The molecule has 0 aromatic carbocycles. The first-order valence-electron chi connectivity index (χ1n) is 8.42. The number of carbonyl (C=O) groups excluding carboxylic acids is 1. The largest absolute Gasteiger partial charge is 0.350 e. The molecule has 0 aromatic heterocycles. The van der Waals surface area contributed by atoms with E-state index in [1.54, 1.807) is 0 Å². The Bertz CT molecular complexity index is 246. The van der Waals surface area contributed by atoms with Gasteiger partial charge in [0.2, 0.25) is 5.91 Å². The van der Waals surface area contributed by atoms with Crippen molar-refractivity contribution in [2.75, 3.05) is 6.54 Å². The normalized spacial score (nSPS) is 13.2. The van der Waals surface area contributed by atoms with Gasteiger partial charge in [0.15, 0.2) is 0 Å². The molecule has 0 rings (SSSR count). The molecule has 0 heterocycles. The summed E-state index contributed by atoms with van der Waals surface area (Å²) in [7, 11) is 0. The maximum absolute atomic E-state index is 11.9. The highest BCUT2D eigenvalue weighted by Gasteiger charge is 2.18. The van der Waals surface area contributed by atoms with Gasteiger partial charge in [0.1, 0.15) is 0 Å². The van der Waals surface area contributed by atoms with Crippen LogP contribution in [0.4, 0.5) is 0 Å². The van der Waals surface area contributed by atoms with Crippen LogP contribution in [0, 0.1) is 0 Å². The summed E-state index contributed by atoms with van der Waals surface area (Å²) in [6, 6.07) is -0.0984. The van der Waals surface area contributed by atoms with Crippen LogP contribution in [0.25, 0.3) is 0 Å². The summed E-state index contributed by atoms with van der Waals surface area (Å²) in [6.07, 6.45) is 10.6. The van der Waals surface area contributed by atoms with Crippen molar-refractivity contribution in [3.8, 4) is 0 Å². The minimum absolute atomic E-state index is 0.0945. The highest BCUT2D eigenvalue weighted by molar-refractivity contribution is 5.81. The van der Waals surface area contributed by atoms with Crippen molar-refractivity contribution in [2.24, 2.45) is 0 Å². The molecule has 1 atom stereocenters. The molecule has 2 N–H and O–H groups in total. The third kappa shape index (κ3) is 12.5. The molecule has 0 saturated heterocycles. The number of nitrogens with one attached hydrogen (secondary N) is 2. The maximum Gasteiger partial charge on any atom is 0.237 e. The molecule has 0 saturated carbocycles. The SMILES string of the molecule is CCCCCCCCCCNC(C)C(=O)NC(C)(C)C. The Balaban J connectivity index is 3.44. The monoisotopic (exact) mass is 284 g/mol. The van der Waals surface area contributed by atoms with Crippen molar-refractivity contribution in [1.29, 1.82) is 0 Å². The second-order valence-corrected chi connectivity index (χ2v) is 6.89. The Hall–Kier alpha value is -0.570. The zero-order chi connectivity index (χ0) is 15.4. The van der Waals surface area contributed by atoms with Gasteiger partial charge < -0.3 is 10.6 Å². The van der Waals surface area contributed by atoms with E-state index in [0.717, 1.165) is 6.54 Å². The lowest BCUT2D eigenvalue weighted by atomic mass is 10.1. The second kappa shape index (κ2) is 11.1. The van der Waals surface area contributed by atoms with E-state index in [1.165, 1.54) is 51.4 Å². The van der Waals surface area contributed by atoms with Crippen LogP contribution in [0.15, 0.2) is 0 Å². The van der Waals surface area contributed by atoms with Gasteiger partial charge in [-0.15, -0.1) is 0 Å². The van der Waals surface area contributed by atoms with E-state index in [4.69, 9.17) is 0 Å². The highest BCUT2D eigenvalue weighted by atomic mass is 16.2. The summed E-state index contributed by atoms with van der Waals surface area (Å²) in [5, 5.41) is 6.30. The first kappa shape index (κ1) is 19.4. The van der Waals surface area contributed by atoms with Gasteiger partial charge in [-0.05, 0) is 40.7 Å². The minimum atomic E-state index is -0.147. The van der Waals surface area contributed by atoms with E-state index in [2.05, 4.69) is 17.6 Å². The molecule has 0 fully saturated rings. The fraction of sp³-hybridized carbons (Fsp3) is 0.941. The topological polar surface area (TPSA) is 41.1 Å². The zero-order valence-corrected chi connectivity index (χ0v) is 14.3. The Morgan fingerprint density at radius 1 is 0.950 bits per heavy atom. The smallest absolute Gasteiger partial charge is 0.237 e. The Morgan fingerprint density at radius 3 is 1.95 bits per heavy atom. The van der Waals surface area contributed by atoms with Gasteiger partial charge in [0.25, 0.3) is 0 Å². The van der Waals surface area contributed by atoms with Gasteiger partial charge in [-0.3, -0.25) is 4.79 Å². The number of hydrogen-bond donors (Lipinski definition) is 2. The van der Waals surface area contributed by atoms with Crippen molar-refractivity contribution in [3.63, 3.8) is 0 Å². The molecular weight excluding hydrogens is 248 g/mol. The van der Waals surface area contributed by atoms with Crippen LogP contribution in [-0.4, -0.2) is 24.0 Å². The summed E-state index contributed by atoms with van der Waals surface area (Å²) in [5.74, 6) is 0.0945. The number of unbranched alkanes of at least 4 members (excludes halogenated alkanes) is 7. The summed E-state index contributed by atoms with van der Waals surface area (Å²) in [4.78, 5) is 11.9. The quantitative estimate of drug-likeness (QED) is 0.563. The predicted octanol–water partition coefficient (Wildman–Crippen LogP) is 4.02. The van der Waals surface area contributed by atoms with Crippen molar-refractivity contribution in [3.05, 3.63) is 0 Å². The number of hydrogen-bond acceptors (Lipinski definition) is 2.